The van der Waals surface area contributed by atoms with E-state index in [4.69, 9.17) is 5.73 Å². The molecule has 0 atom stereocenters. The van der Waals surface area contributed by atoms with E-state index in [9.17, 15) is 9.59 Å². The second-order valence-electron chi connectivity index (χ2n) is 5.80. The maximum absolute atomic E-state index is 12.6. The number of carbonyl (C=O) groups excluding carboxylic acids is 2. The van der Waals surface area contributed by atoms with Crippen molar-refractivity contribution in [3.63, 3.8) is 0 Å². The van der Waals surface area contributed by atoms with Crippen LogP contribution < -0.4 is 11.1 Å². The normalized spacial score (nSPS) is 11.0. The Morgan fingerprint density at radius 1 is 1.00 bits per heavy atom. The van der Waals surface area contributed by atoms with Gasteiger partial charge in [0.15, 0.2) is 5.78 Å². The molecule has 0 aromatic heterocycles. The summed E-state index contributed by atoms with van der Waals surface area (Å²) in [6, 6.07) is 14.2. The predicted octanol–water partition coefficient (Wildman–Crippen LogP) is 3.39. The fourth-order valence-electron chi connectivity index (χ4n) is 2.21. The zero-order chi connectivity index (χ0) is 16.3. The smallest absolute Gasteiger partial charge is 0.234 e. The Morgan fingerprint density at radius 3 is 2.18 bits per heavy atom. The number of nitrogen functional groups attached to an aromatic ring is 1. The fraction of sp³-hybridized carbons (Fsp3) is 0.222. The molecule has 0 saturated heterocycles. The molecule has 0 saturated carbocycles. The van der Waals surface area contributed by atoms with E-state index in [-0.39, 0.29) is 11.7 Å². The molecule has 0 radical (unpaired) electrons. The number of nitrogens with two attached hydrogens (primary N) is 1. The van der Waals surface area contributed by atoms with Crippen LogP contribution in [0.3, 0.4) is 0 Å². The lowest BCUT2D eigenvalue weighted by Gasteiger charge is -2.25. The third-order valence-electron chi connectivity index (χ3n) is 3.75. The monoisotopic (exact) mass is 296 g/mol. The summed E-state index contributed by atoms with van der Waals surface area (Å²) in [4.78, 5) is 24.3. The van der Waals surface area contributed by atoms with Gasteiger partial charge in [-0.1, -0.05) is 24.3 Å². The van der Waals surface area contributed by atoms with Crippen LogP contribution in [0.5, 0.6) is 0 Å². The topological polar surface area (TPSA) is 72.2 Å². The molecule has 1 amide bonds. The van der Waals surface area contributed by atoms with Crippen molar-refractivity contribution >= 4 is 23.1 Å². The average molecular weight is 296 g/mol. The summed E-state index contributed by atoms with van der Waals surface area (Å²) in [6.07, 6.45) is 0. The molecule has 3 N–H and O–H groups in total. The van der Waals surface area contributed by atoms with Crippen molar-refractivity contribution in [3.8, 4) is 0 Å². The van der Waals surface area contributed by atoms with Gasteiger partial charge in [-0.15, -0.1) is 0 Å². The molecule has 0 unspecified atom stereocenters. The molecule has 0 fully saturated rings. The fourth-order valence-corrected chi connectivity index (χ4v) is 2.21. The van der Waals surface area contributed by atoms with Gasteiger partial charge in [0, 0.05) is 11.3 Å². The van der Waals surface area contributed by atoms with E-state index in [1.54, 1.807) is 36.4 Å². The van der Waals surface area contributed by atoms with Crippen molar-refractivity contribution < 1.29 is 9.59 Å². The zero-order valence-electron chi connectivity index (χ0n) is 13.0. The Labute approximate surface area is 130 Å². The van der Waals surface area contributed by atoms with Crippen LogP contribution in [0.1, 0.15) is 36.7 Å². The van der Waals surface area contributed by atoms with Gasteiger partial charge in [-0.2, -0.15) is 0 Å². The number of para-hydroxylation sites is 1. The van der Waals surface area contributed by atoms with Crippen LogP contribution in [0.4, 0.5) is 11.4 Å². The van der Waals surface area contributed by atoms with Crippen LogP contribution in [0.25, 0.3) is 0 Å². The minimum absolute atomic E-state index is 0.0822. The third kappa shape index (κ3) is 3.17. The van der Waals surface area contributed by atoms with E-state index in [2.05, 4.69) is 5.32 Å². The SMILES string of the molecule is CC(=O)c1ccccc1NC(=O)C(C)(C)c1ccc(N)cc1. The Bertz CT molecular complexity index is 703. The summed E-state index contributed by atoms with van der Waals surface area (Å²) in [5, 5.41) is 2.85. The van der Waals surface area contributed by atoms with Gasteiger partial charge in [-0.3, -0.25) is 9.59 Å². The van der Waals surface area contributed by atoms with Crippen molar-refractivity contribution in [3.05, 3.63) is 59.7 Å². The molecule has 0 spiro atoms. The van der Waals surface area contributed by atoms with Gasteiger partial charge in [0.05, 0.1) is 11.1 Å². The maximum atomic E-state index is 12.6. The Balaban J connectivity index is 2.28. The van der Waals surface area contributed by atoms with Gasteiger partial charge in [-0.25, -0.2) is 0 Å². The average Bonchev–Trinajstić information content (AvgIpc) is 2.48. The van der Waals surface area contributed by atoms with Crippen LogP contribution >= 0.6 is 0 Å². The molecule has 4 heteroatoms. The second-order valence-corrected chi connectivity index (χ2v) is 5.80. The summed E-state index contributed by atoms with van der Waals surface area (Å²) in [6.45, 7) is 5.16. The number of hydrogen-bond acceptors (Lipinski definition) is 3. The number of amides is 1. The van der Waals surface area contributed by atoms with Gasteiger partial charge in [0.2, 0.25) is 5.91 Å². The van der Waals surface area contributed by atoms with Crippen LogP contribution in [0.2, 0.25) is 0 Å². The first kappa shape index (κ1) is 15.8. The second kappa shape index (κ2) is 6.02. The first-order valence-electron chi connectivity index (χ1n) is 7.10. The minimum atomic E-state index is -0.738. The number of rotatable bonds is 4. The molecule has 0 aliphatic rings. The van der Waals surface area contributed by atoms with Crippen molar-refractivity contribution in [2.24, 2.45) is 0 Å². The van der Waals surface area contributed by atoms with Gasteiger partial charge < -0.3 is 11.1 Å². The quantitative estimate of drug-likeness (QED) is 0.671. The summed E-state index contributed by atoms with van der Waals surface area (Å²) in [5.74, 6) is -0.257. The molecular formula is C18H20N2O2. The summed E-state index contributed by atoms with van der Waals surface area (Å²) in [5.41, 5.74) is 7.50. The van der Waals surface area contributed by atoms with E-state index in [0.717, 1.165) is 5.56 Å². The predicted molar refractivity (Wildman–Crippen MR) is 89.0 cm³/mol. The lowest BCUT2D eigenvalue weighted by Crippen LogP contribution is -2.35. The van der Waals surface area contributed by atoms with Crippen molar-refractivity contribution in [1.29, 1.82) is 0 Å². The largest absolute Gasteiger partial charge is 0.399 e. The highest BCUT2D eigenvalue weighted by Crippen LogP contribution is 2.27. The summed E-state index contributed by atoms with van der Waals surface area (Å²) in [7, 11) is 0. The van der Waals surface area contributed by atoms with Crippen molar-refractivity contribution in [1.82, 2.24) is 0 Å². The molecule has 0 aliphatic carbocycles. The standard InChI is InChI=1S/C18H20N2O2/c1-12(21)15-6-4-5-7-16(15)20-17(22)18(2,3)13-8-10-14(19)11-9-13/h4-11H,19H2,1-3H3,(H,20,22). The molecule has 2 aromatic carbocycles. The van der Waals surface area contributed by atoms with E-state index < -0.39 is 5.41 Å². The van der Waals surface area contributed by atoms with Crippen molar-refractivity contribution in [2.45, 2.75) is 26.2 Å². The molecule has 2 rings (SSSR count). The maximum Gasteiger partial charge on any atom is 0.234 e. The molecule has 0 bridgehead atoms. The Morgan fingerprint density at radius 2 is 1.59 bits per heavy atom. The highest BCUT2D eigenvalue weighted by Gasteiger charge is 2.30. The first-order chi connectivity index (χ1) is 10.3. The van der Waals surface area contributed by atoms with Crippen LogP contribution in [-0.4, -0.2) is 11.7 Å². The third-order valence-corrected chi connectivity index (χ3v) is 3.75. The number of nitrogens with one attached hydrogen (secondary N) is 1. The van der Waals surface area contributed by atoms with Crippen LogP contribution in [0.15, 0.2) is 48.5 Å². The number of Topliss-reactive ketones (excluding diaryl/α,β-unsaturated/α-hetero) is 1. The van der Waals surface area contributed by atoms with Crippen LogP contribution in [-0.2, 0) is 10.2 Å². The van der Waals surface area contributed by atoms with Crippen LogP contribution in [0, 0.1) is 0 Å². The number of benzene rings is 2. The first-order valence-corrected chi connectivity index (χ1v) is 7.10. The summed E-state index contributed by atoms with van der Waals surface area (Å²) >= 11 is 0. The van der Waals surface area contributed by atoms with E-state index in [1.165, 1.54) is 6.92 Å². The van der Waals surface area contributed by atoms with Gasteiger partial charge in [0.1, 0.15) is 0 Å². The summed E-state index contributed by atoms with van der Waals surface area (Å²) < 4.78 is 0. The van der Waals surface area contributed by atoms with E-state index in [0.29, 0.717) is 16.9 Å². The van der Waals surface area contributed by atoms with Crippen molar-refractivity contribution in [2.75, 3.05) is 11.1 Å². The van der Waals surface area contributed by atoms with Gasteiger partial charge in [-0.05, 0) is 50.6 Å². The molecule has 0 heterocycles. The van der Waals surface area contributed by atoms with E-state index >= 15 is 0 Å². The highest BCUT2D eigenvalue weighted by atomic mass is 16.2. The number of hydrogen-bond donors (Lipinski definition) is 2. The lowest BCUT2D eigenvalue weighted by molar-refractivity contribution is -0.120. The van der Waals surface area contributed by atoms with Gasteiger partial charge >= 0.3 is 0 Å². The van der Waals surface area contributed by atoms with Gasteiger partial charge in [0.25, 0.3) is 0 Å². The number of carbonyl (C=O) groups is 2. The Kier molecular flexibility index (Phi) is 4.31. The lowest BCUT2D eigenvalue weighted by atomic mass is 9.83. The Hall–Kier alpha value is -2.62. The number of ketones is 1. The molecule has 0 aliphatic heterocycles. The minimum Gasteiger partial charge on any atom is -0.399 e. The number of anilines is 2. The molecular weight excluding hydrogens is 276 g/mol. The zero-order valence-corrected chi connectivity index (χ0v) is 13.0. The molecule has 2 aromatic rings. The molecule has 22 heavy (non-hydrogen) atoms. The highest BCUT2D eigenvalue weighted by molar-refractivity contribution is 6.06. The molecule has 4 nitrogen and oxygen atoms in total. The van der Waals surface area contributed by atoms with E-state index in [1.807, 2.05) is 26.0 Å². The molecule has 114 valence electrons.